The van der Waals surface area contributed by atoms with Crippen LogP contribution in [0.4, 0.5) is 8.78 Å². The monoisotopic (exact) mass is 524 g/mol. The highest BCUT2D eigenvalue weighted by Crippen LogP contribution is 2.33. The van der Waals surface area contributed by atoms with E-state index in [9.17, 15) is 23.9 Å². The molecule has 3 aromatic rings. The number of halogens is 2. The summed E-state index contributed by atoms with van der Waals surface area (Å²) in [6, 6.07) is 6.81. The number of carbonyl (C=O) groups is 3. The Bertz CT molecular complexity index is 1310. The second-order valence-electron chi connectivity index (χ2n) is 9.54. The highest BCUT2D eigenvalue weighted by atomic mass is 19.2. The number of rotatable bonds is 10. The number of carbonyl (C=O) groups excluding carboxylic acids is 2. The van der Waals surface area contributed by atoms with Crippen molar-refractivity contribution in [3.63, 3.8) is 0 Å². The maximum absolute atomic E-state index is 15.1. The van der Waals surface area contributed by atoms with Crippen LogP contribution >= 0.6 is 0 Å². The van der Waals surface area contributed by atoms with Crippen LogP contribution in [0.15, 0.2) is 48.9 Å². The third-order valence-corrected chi connectivity index (χ3v) is 6.04. The number of nitrogens with one attached hydrogen (secondary N) is 2. The zero-order chi connectivity index (χ0) is 28.0. The summed E-state index contributed by atoms with van der Waals surface area (Å²) in [4.78, 5) is 45.3. The Balaban J connectivity index is 1.98. The van der Waals surface area contributed by atoms with Gasteiger partial charge in [-0.3, -0.25) is 14.4 Å². The summed E-state index contributed by atoms with van der Waals surface area (Å²) in [7, 11) is 0. The summed E-state index contributed by atoms with van der Waals surface area (Å²) in [6.07, 6.45) is 2.08. The molecule has 2 aromatic carbocycles. The Kier molecular flexibility index (Phi) is 9.22. The number of carboxylic acid groups (broad SMARTS) is 1. The lowest BCUT2D eigenvalue weighted by Crippen LogP contribution is -2.48. The fourth-order valence-corrected chi connectivity index (χ4v) is 4.32. The molecule has 1 heterocycles. The van der Waals surface area contributed by atoms with Crippen LogP contribution in [0.25, 0.3) is 11.1 Å². The standard InChI is InChI=1S/C28H30F2N4O4/c1-15(2)10-23(34-27(37)21-8-9-31-14-32-21)28(38)33-22(13-24(35)36)19-11-18(12-20(29)26(19)30)25-16(3)6-5-7-17(25)4/h5-9,11-12,14-15,22-23H,10,13H2,1-4H3,(H,33,38)(H,34,37)(H,35,36)/t22-,23-/m0/s1. The summed E-state index contributed by atoms with van der Waals surface area (Å²) < 4.78 is 29.9. The zero-order valence-corrected chi connectivity index (χ0v) is 21.6. The van der Waals surface area contributed by atoms with Crippen molar-refractivity contribution >= 4 is 17.8 Å². The molecule has 0 spiro atoms. The summed E-state index contributed by atoms with van der Waals surface area (Å²) in [5.74, 6) is -5.13. The lowest BCUT2D eigenvalue weighted by molar-refractivity contribution is -0.137. The van der Waals surface area contributed by atoms with Gasteiger partial charge in [-0.05, 0) is 66.6 Å². The molecule has 0 saturated heterocycles. The topological polar surface area (TPSA) is 121 Å². The molecular formula is C28H30F2N4O4. The normalized spacial score (nSPS) is 12.6. The third-order valence-electron chi connectivity index (χ3n) is 6.04. The molecule has 10 heteroatoms. The smallest absolute Gasteiger partial charge is 0.305 e. The van der Waals surface area contributed by atoms with Crippen molar-refractivity contribution in [2.45, 2.75) is 52.6 Å². The number of hydrogen-bond acceptors (Lipinski definition) is 5. The van der Waals surface area contributed by atoms with Gasteiger partial charge in [-0.15, -0.1) is 0 Å². The van der Waals surface area contributed by atoms with Crippen molar-refractivity contribution in [1.29, 1.82) is 0 Å². The molecule has 0 aliphatic heterocycles. The van der Waals surface area contributed by atoms with Crippen molar-refractivity contribution in [3.8, 4) is 11.1 Å². The number of benzene rings is 2. The lowest BCUT2D eigenvalue weighted by Gasteiger charge is -2.25. The van der Waals surface area contributed by atoms with Crippen molar-refractivity contribution in [3.05, 3.63) is 82.9 Å². The minimum atomic E-state index is -1.40. The molecule has 0 aliphatic rings. The maximum atomic E-state index is 15.1. The van der Waals surface area contributed by atoms with Gasteiger partial charge < -0.3 is 15.7 Å². The molecule has 8 nitrogen and oxygen atoms in total. The molecule has 2 amide bonds. The van der Waals surface area contributed by atoms with Gasteiger partial charge in [0.1, 0.15) is 18.1 Å². The van der Waals surface area contributed by atoms with Crippen LogP contribution in [0.5, 0.6) is 0 Å². The van der Waals surface area contributed by atoms with Gasteiger partial charge in [-0.25, -0.2) is 18.7 Å². The first-order valence-electron chi connectivity index (χ1n) is 12.1. The number of amides is 2. The minimum Gasteiger partial charge on any atom is -0.481 e. The molecular weight excluding hydrogens is 494 g/mol. The molecule has 2 atom stereocenters. The molecule has 0 saturated carbocycles. The van der Waals surface area contributed by atoms with Gasteiger partial charge in [-0.2, -0.15) is 0 Å². The largest absolute Gasteiger partial charge is 0.481 e. The number of carboxylic acids is 1. The van der Waals surface area contributed by atoms with Gasteiger partial charge in [0, 0.05) is 11.8 Å². The highest BCUT2D eigenvalue weighted by Gasteiger charge is 2.29. The van der Waals surface area contributed by atoms with E-state index in [0.29, 0.717) is 11.1 Å². The van der Waals surface area contributed by atoms with E-state index >= 15 is 4.39 Å². The van der Waals surface area contributed by atoms with E-state index in [0.717, 1.165) is 17.2 Å². The molecule has 0 fully saturated rings. The highest BCUT2D eigenvalue weighted by molar-refractivity contribution is 5.96. The molecule has 3 rings (SSSR count). The number of aliphatic carboxylic acids is 1. The Hall–Kier alpha value is -4.21. The molecule has 1 aromatic heterocycles. The SMILES string of the molecule is Cc1cccc(C)c1-c1cc(F)c(F)c([C@H](CC(=O)O)NC(=O)[C@H](CC(C)C)NC(=O)c2ccncn2)c1. The third kappa shape index (κ3) is 6.96. The average Bonchev–Trinajstić information content (AvgIpc) is 2.85. The summed E-state index contributed by atoms with van der Waals surface area (Å²) >= 11 is 0. The van der Waals surface area contributed by atoms with Crippen LogP contribution in [0.3, 0.4) is 0 Å². The molecule has 0 bridgehead atoms. The Morgan fingerprint density at radius 2 is 1.71 bits per heavy atom. The first-order chi connectivity index (χ1) is 18.0. The second kappa shape index (κ2) is 12.4. The van der Waals surface area contributed by atoms with E-state index in [1.165, 1.54) is 24.7 Å². The summed E-state index contributed by atoms with van der Waals surface area (Å²) in [6.45, 7) is 7.34. The van der Waals surface area contributed by atoms with Crippen molar-refractivity contribution < 1.29 is 28.3 Å². The van der Waals surface area contributed by atoms with Gasteiger partial charge in [0.25, 0.3) is 5.91 Å². The Morgan fingerprint density at radius 3 is 2.29 bits per heavy atom. The molecule has 0 radical (unpaired) electrons. The fraction of sp³-hybridized carbons (Fsp3) is 0.321. The van der Waals surface area contributed by atoms with E-state index in [1.54, 1.807) is 0 Å². The molecule has 0 aliphatic carbocycles. The van der Waals surface area contributed by atoms with Crippen LogP contribution in [0.1, 0.15) is 59.9 Å². The van der Waals surface area contributed by atoms with E-state index in [1.807, 2.05) is 45.9 Å². The number of hydrogen-bond donors (Lipinski definition) is 3. The first kappa shape index (κ1) is 28.4. The van der Waals surface area contributed by atoms with Crippen molar-refractivity contribution in [2.24, 2.45) is 5.92 Å². The van der Waals surface area contributed by atoms with E-state index < -0.39 is 47.9 Å². The fourth-order valence-electron chi connectivity index (χ4n) is 4.32. The molecule has 200 valence electrons. The maximum Gasteiger partial charge on any atom is 0.305 e. The molecule has 3 N–H and O–H groups in total. The van der Waals surface area contributed by atoms with Gasteiger partial charge in [0.05, 0.1) is 12.5 Å². The Morgan fingerprint density at radius 1 is 1.03 bits per heavy atom. The molecule has 38 heavy (non-hydrogen) atoms. The van der Waals surface area contributed by atoms with Gasteiger partial charge in [0.2, 0.25) is 5.91 Å². The van der Waals surface area contributed by atoms with Gasteiger partial charge >= 0.3 is 5.97 Å². The number of aromatic nitrogens is 2. The van der Waals surface area contributed by atoms with Gasteiger partial charge in [-0.1, -0.05) is 32.0 Å². The minimum absolute atomic E-state index is 0.0316. The predicted molar refractivity (Wildman–Crippen MR) is 137 cm³/mol. The average molecular weight is 525 g/mol. The number of nitrogens with zero attached hydrogens (tertiary/aromatic N) is 2. The van der Waals surface area contributed by atoms with Crippen molar-refractivity contribution in [1.82, 2.24) is 20.6 Å². The second-order valence-corrected chi connectivity index (χ2v) is 9.54. The van der Waals surface area contributed by atoms with Crippen LogP contribution in [-0.4, -0.2) is 38.9 Å². The van der Waals surface area contributed by atoms with Gasteiger partial charge in [0.15, 0.2) is 11.6 Å². The van der Waals surface area contributed by atoms with E-state index in [4.69, 9.17) is 0 Å². The van der Waals surface area contributed by atoms with Crippen molar-refractivity contribution in [2.75, 3.05) is 0 Å². The predicted octanol–water partition coefficient (Wildman–Crippen LogP) is 4.52. The Labute approximate surface area is 219 Å². The van der Waals surface area contributed by atoms with E-state index in [2.05, 4.69) is 20.6 Å². The van der Waals surface area contributed by atoms with Crippen LogP contribution < -0.4 is 10.6 Å². The van der Waals surface area contributed by atoms with Crippen LogP contribution in [-0.2, 0) is 9.59 Å². The van der Waals surface area contributed by atoms with Crippen LogP contribution in [0.2, 0.25) is 0 Å². The number of aryl methyl sites for hydroxylation is 2. The van der Waals surface area contributed by atoms with E-state index in [-0.39, 0.29) is 23.6 Å². The first-order valence-corrected chi connectivity index (χ1v) is 12.1. The van der Waals surface area contributed by atoms with Crippen LogP contribution in [0, 0.1) is 31.4 Å². The summed E-state index contributed by atoms with van der Waals surface area (Å²) in [5, 5.41) is 14.6. The lowest BCUT2D eigenvalue weighted by atomic mass is 9.92. The summed E-state index contributed by atoms with van der Waals surface area (Å²) in [5.41, 5.74) is 2.43. The molecule has 0 unspecified atom stereocenters. The quantitative estimate of drug-likeness (QED) is 0.359. The zero-order valence-electron chi connectivity index (χ0n) is 21.6.